The van der Waals surface area contributed by atoms with E-state index in [9.17, 15) is 22.0 Å². The van der Waals surface area contributed by atoms with Crippen molar-refractivity contribution < 1.29 is 22.0 Å². The highest BCUT2D eigenvalue weighted by Gasteiger charge is 2.31. The van der Waals surface area contributed by atoms with Crippen LogP contribution in [0.25, 0.3) is 0 Å². The van der Waals surface area contributed by atoms with Crippen LogP contribution in [0.5, 0.6) is 0 Å². The maximum absolute atomic E-state index is 13.3. The van der Waals surface area contributed by atoms with Gasteiger partial charge in [0.1, 0.15) is 11.6 Å². The van der Waals surface area contributed by atoms with Crippen molar-refractivity contribution in [1.82, 2.24) is 4.31 Å². The number of halogens is 2. The van der Waals surface area contributed by atoms with Gasteiger partial charge in [0.05, 0.1) is 17.9 Å². The van der Waals surface area contributed by atoms with Crippen molar-refractivity contribution in [3.8, 4) is 0 Å². The number of carbonyl (C=O) groups excluding carboxylic acids is 1. The summed E-state index contributed by atoms with van der Waals surface area (Å²) in [6.07, 6.45) is 0.426. The van der Waals surface area contributed by atoms with Gasteiger partial charge < -0.3 is 0 Å². The molecule has 0 saturated carbocycles. The molecular formula is C11H11F2NO3S. The van der Waals surface area contributed by atoms with Gasteiger partial charge in [0.2, 0.25) is 10.0 Å². The third kappa shape index (κ3) is 2.41. The van der Waals surface area contributed by atoms with Gasteiger partial charge in [0.15, 0.2) is 5.78 Å². The van der Waals surface area contributed by atoms with Crippen molar-refractivity contribution in [2.75, 3.05) is 18.8 Å². The Labute approximate surface area is 103 Å². The molecule has 98 valence electrons. The summed E-state index contributed by atoms with van der Waals surface area (Å²) in [5.41, 5.74) is -0.681. The summed E-state index contributed by atoms with van der Waals surface area (Å²) >= 11 is 0. The van der Waals surface area contributed by atoms with Crippen LogP contribution in [0, 0.1) is 11.6 Å². The van der Waals surface area contributed by atoms with Crippen molar-refractivity contribution in [3.63, 3.8) is 0 Å². The third-order valence-corrected chi connectivity index (χ3v) is 4.67. The van der Waals surface area contributed by atoms with E-state index in [1.54, 1.807) is 0 Å². The number of hydrogen-bond acceptors (Lipinski definition) is 3. The highest BCUT2D eigenvalue weighted by molar-refractivity contribution is 7.89. The van der Waals surface area contributed by atoms with Crippen LogP contribution in [0.4, 0.5) is 8.78 Å². The Hall–Kier alpha value is -1.34. The van der Waals surface area contributed by atoms with Gasteiger partial charge in [0, 0.05) is 6.54 Å². The molecule has 0 bridgehead atoms. The van der Waals surface area contributed by atoms with Gasteiger partial charge in [-0.1, -0.05) is 6.07 Å². The largest absolute Gasteiger partial charge is 0.292 e. The van der Waals surface area contributed by atoms with Crippen molar-refractivity contribution in [2.45, 2.75) is 6.42 Å². The minimum Gasteiger partial charge on any atom is -0.292 e. The van der Waals surface area contributed by atoms with E-state index in [0.717, 1.165) is 22.5 Å². The molecule has 0 unspecified atom stereocenters. The second-order valence-electron chi connectivity index (χ2n) is 4.02. The Bertz CT molecular complexity index is 566. The predicted molar refractivity (Wildman–Crippen MR) is 60.7 cm³/mol. The standard InChI is InChI=1S/C11H11F2NO3S/c12-8-3-1-4-9(13)11(8)10(15)7-14-5-2-6-18(14,16)17/h1,3-4H,2,5-7H2. The SMILES string of the molecule is O=C(CN1CCCS1(=O)=O)c1c(F)cccc1F. The van der Waals surface area contributed by atoms with E-state index in [2.05, 4.69) is 0 Å². The molecule has 0 amide bonds. The summed E-state index contributed by atoms with van der Waals surface area (Å²) in [5.74, 6) is -2.84. The molecule has 0 N–H and O–H groups in total. The van der Waals surface area contributed by atoms with Crippen molar-refractivity contribution in [2.24, 2.45) is 0 Å². The molecule has 7 heteroatoms. The first-order chi connectivity index (χ1) is 8.42. The van der Waals surface area contributed by atoms with Crippen molar-refractivity contribution in [3.05, 3.63) is 35.4 Å². The number of carbonyl (C=O) groups is 1. The molecule has 4 nitrogen and oxygen atoms in total. The summed E-state index contributed by atoms with van der Waals surface area (Å²) in [4.78, 5) is 11.7. The molecule has 1 aromatic rings. The van der Waals surface area contributed by atoms with Crippen molar-refractivity contribution >= 4 is 15.8 Å². The quantitative estimate of drug-likeness (QED) is 0.778. The van der Waals surface area contributed by atoms with Gasteiger partial charge >= 0.3 is 0 Å². The number of sulfonamides is 1. The first-order valence-corrected chi connectivity index (χ1v) is 6.98. The molecule has 1 heterocycles. The Morgan fingerprint density at radius 2 is 1.89 bits per heavy atom. The second-order valence-corrected chi connectivity index (χ2v) is 6.11. The molecule has 0 aliphatic carbocycles. The van der Waals surface area contributed by atoms with Crippen LogP contribution in [0.3, 0.4) is 0 Å². The van der Waals surface area contributed by atoms with Crippen LogP contribution >= 0.6 is 0 Å². The normalized spacial score (nSPS) is 19.0. The number of hydrogen-bond donors (Lipinski definition) is 0. The fraction of sp³-hybridized carbons (Fsp3) is 0.364. The first-order valence-electron chi connectivity index (χ1n) is 5.37. The van der Waals surface area contributed by atoms with Crippen LogP contribution in [0.2, 0.25) is 0 Å². The molecule has 1 fully saturated rings. The van der Waals surface area contributed by atoms with Gasteiger partial charge in [0.25, 0.3) is 0 Å². The van der Waals surface area contributed by atoms with Crippen LogP contribution in [-0.4, -0.2) is 37.3 Å². The second kappa shape index (κ2) is 4.74. The topological polar surface area (TPSA) is 54.5 Å². The lowest BCUT2D eigenvalue weighted by Crippen LogP contribution is -2.32. The molecule has 0 atom stereocenters. The lowest BCUT2D eigenvalue weighted by molar-refractivity contribution is 0.0960. The van der Waals surface area contributed by atoms with E-state index in [0.29, 0.717) is 6.42 Å². The molecule has 0 radical (unpaired) electrons. The predicted octanol–water partition coefficient (Wildman–Crippen LogP) is 1.18. The number of rotatable bonds is 3. The minimum absolute atomic E-state index is 0.0277. The number of Topliss-reactive ketones (excluding diaryl/α,β-unsaturated/α-hetero) is 1. The van der Waals surface area contributed by atoms with E-state index in [4.69, 9.17) is 0 Å². The summed E-state index contributed by atoms with van der Waals surface area (Å²) in [6.45, 7) is -0.301. The lowest BCUT2D eigenvalue weighted by atomic mass is 10.1. The van der Waals surface area contributed by atoms with E-state index >= 15 is 0 Å². The maximum atomic E-state index is 13.3. The Morgan fingerprint density at radius 1 is 1.28 bits per heavy atom. The lowest BCUT2D eigenvalue weighted by Gasteiger charge is -2.13. The zero-order valence-electron chi connectivity index (χ0n) is 9.40. The molecular weight excluding hydrogens is 264 g/mol. The molecule has 0 spiro atoms. The monoisotopic (exact) mass is 275 g/mol. The zero-order chi connectivity index (χ0) is 13.3. The molecule has 1 aliphatic heterocycles. The molecule has 1 aliphatic rings. The first kappa shape index (κ1) is 13.1. The third-order valence-electron chi connectivity index (χ3n) is 2.76. The van der Waals surface area contributed by atoms with Gasteiger partial charge in [-0.2, -0.15) is 4.31 Å². The number of benzene rings is 1. The molecule has 2 rings (SSSR count). The van der Waals surface area contributed by atoms with Crippen LogP contribution in [0.1, 0.15) is 16.8 Å². The summed E-state index contributed by atoms with van der Waals surface area (Å²) < 4.78 is 50.6. The van der Waals surface area contributed by atoms with Gasteiger partial charge in [-0.05, 0) is 18.6 Å². The summed E-state index contributed by atoms with van der Waals surface area (Å²) in [5, 5.41) is 0. The van der Waals surface area contributed by atoms with E-state index < -0.39 is 39.5 Å². The highest BCUT2D eigenvalue weighted by atomic mass is 32.2. The maximum Gasteiger partial charge on any atom is 0.214 e. The van der Waals surface area contributed by atoms with Gasteiger partial charge in [-0.3, -0.25) is 4.79 Å². The summed E-state index contributed by atoms with van der Waals surface area (Å²) in [6, 6.07) is 3.08. The van der Waals surface area contributed by atoms with Crippen LogP contribution < -0.4 is 0 Å². The number of nitrogens with zero attached hydrogens (tertiary/aromatic N) is 1. The Balaban J connectivity index is 2.23. The average molecular weight is 275 g/mol. The molecule has 18 heavy (non-hydrogen) atoms. The fourth-order valence-electron chi connectivity index (χ4n) is 1.87. The zero-order valence-corrected chi connectivity index (χ0v) is 10.2. The van der Waals surface area contributed by atoms with Crippen LogP contribution in [-0.2, 0) is 10.0 Å². The minimum atomic E-state index is -3.45. The van der Waals surface area contributed by atoms with E-state index in [-0.39, 0.29) is 12.3 Å². The van der Waals surface area contributed by atoms with E-state index in [1.165, 1.54) is 0 Å². The Morgan fingerprint density at radius 3 is 2.39 bits per heavy atom. The van der Waals surface area contributed by atoms with Crippen LogP contribution in [0.15, 0.2) is 18.2 Å². The van der Waals surface area contributed by atoms with E-state index in [1.807, 2.05) is 0 Å². The smallest absolute Gasteiger partial charge is 0.214 e. The van der Waals surface area contributed by atoms with Gasteiger partial charge in [-0.15, -0.1) is 0 Å². The highest BCUT2D eigenvalue weighted by Crippen LogP contribution is 2.17. The summed E-state index contributed by atoms with van der Waals surface area (Å²) in [7, 11) is -3.45. The molecule has 1 aromatic carbocycles. The van der Waals surface area contributed by atoms with Gasteiger partial charge in [-0.25, -0.2) is 17.2 Å². The number of ketones is 1. The molecule has 0 aromatic heterocycles. The Kier molecular flexibility index (Phi) is 3.45. The average Bonchev–Trinajstić information content (AvgIpc) is 2.58. The van der Waals surface area contributed by atoms with Crippen molar-refractivity contribution in [1.29, 1.82) is 0 Å². The fourth-order valence-corrected chi connectivity index (χ4v) is 3.35. The molecule has 1 saturated heterocycles.